The third kappa shape index (κ3) is 5.33. The van der Waals surface area contributed by atoms with Crippen LogP contribution in [-0.2, 0) is 10.2 Å². The predicted molar refractivity (Wildman–Crippen MR) is 107 cm³/mol. The molecule has 2 amide bonds. The molecule has 0 unspecified atom stereocenters. The lowest BCUT2D eigenvalue weighted by Crippen LogP contribution is -2.47. The van der Waals surface area contributed by atoms with Crippen LogP contribution in [0, 0.1) is 13.8 Å². The Kier molecular flexibility index (Phi) is 6.26. The van der Waals surface area contributed by atoms with Gasteiger partial charge in [-0.25, -0.2) is 0 Å². The van der Waals surface area contributed by atoms with Crippen molar-refractivity contribution >= 4 is 11.8 Å². The molecule has 0 radical (unpaired) electrons. The largest absolute Gasteiger partial charge is 0.480 e. The molecule has 144 valence electrons. The predicted octanol–water partition coefficient (Wildman–Crippen LogP) is 3.83. The van der Waals surface area contributed by atoms with Gasteiger partial charge in [-0.2, -0.15) is 0 Å². The van der Waals surface area contributed by atoms with Crippen molar-refractivity contribution in [3.8, 4) is 5.75 Å². The number of para-hydroxylation sites is 1. The first-order valence-electron chi connectivity index (χ1n) is 9.03. The second-order valence-electron chi connectivity index (χ2n) is 7.75. The number of hydrogen-bond acceptors (Lipinski definition) is 3. The summed E-state index contributed by atoms with van der Waals surface area (Å²) in [5.74, 6) is -0.107. The van der Waals surface area contributed by atoms with Gasteiger partial charge in [0.2, 0.25) is 0 Å². The summed E-state index contributed by atoms with van der Waals surface area (Å²) in [5.41, 5.74) is 8.40. The van der Waals surface area contributed by atoms with Crippen molar-refractivity contribution in [2.24, 2.45) is 0 Å². The van der Waals surface area contributed by atoms with Gasteiger partial charge in [-0.1, -0.05) is 51.1 Å². The van der Waals surface area contributed by atoms with Crippen LogP contribution in [-0.4, -0.2) is 17.9 Å². The van der Waals surface area contributed by atoms with Gasteiger partial charge in [0.25, 0.3) is 11.8 Å². The molecule has 0 aliphatic rings. The van der Waals surface area contributed by atoms with Crippen molar-refractivity contribution < 1.29 is 14.3 Å². The topological polar surface area (TPSA) is 67.4 Å². The van der Waals surface area contributed by atoms with Crippen molar-refractivity contribution in [3.63, 3.8) is 0 Å². The molecule has 0 saturated carbocycles. The lowest BCUT2D eigenvalue weighted by atomic mass is 9.87. The first-order valence-corrected chi connectivity index (χ1v) is 9.03. The zero-order valence-corrected chi connectivity index (χ0v) is 16.8. The van der Waals surface area contributed by atoms with Crippen LogP contribution >= 0.6 is 0 Å². The summed E-state index contributed by atoms with van der Waals surface area (Å²) in [6.45, 7) is 11.8. The highest BCUT2D eigenvalue weighted by molar-refractivity contribution is 5.95. The number of ether oxygens (including phenoxy) is 1. The van der Waals surface area contributed by atoms with E-state index in [0.717, 1.165) is 16.7 Å². The van der Waals surface area contributed by atoms with Crippen LogP contribution in [0.25, 0.3) is 0 Å². The molecule has 0 aliphatic heterocycles. The number of hydrogen-bond donors (Lipinski definition) is 2. The first kappa shape index (κ1) is 20.5. The normalized spacial score (nSPS) is 12.2. The number of benzene rings is 2. The van der Waals surface area contributed by atoms with Crippen LogP contribution in [0.15, 0.2) is 42.5 Å². The lowest BCUT2D eigenvalue weighted by molar-refractivity contribution is -0.128. The second kappa shape index (κ2) is 8.25. The molecular weight excluding hydrogens is 340 g/mol. The second-order valence-corrected chi connectivity index (χ2v) is 7.75. The molecule has 1 atom stereocenters. The Balaban J connectivity index is 1.93. The lowest BCUT2D eigenvalue weighted by Gasteiger charge is -2.19. The number of nitrogens with one attached hydrogen (secondary N) is 2. The smallest absolute Gasteiger partial charge is 0.279 e. The first-order chi connectivity index (χ1) is 12.6. The maximum atomic E-state index is 12.2. The van der Waals surface area contributed by atoms with Gasteiger partial charge in [-0.3, -0.25) is 20.4 Å². The van der Waals surface area contributed by atoms with Crippen LogP contribution in [0.1, 0.15) is 54.7 Å². The zero-order chi connectivity index (χ0) is 20.2. The zero-order valence-electron chi connectivity index (χ0n) is 16.8. The third-order valence-electron chi connectivity index (χ3n) is 4.38. The van der Waals surface area contributed by atoms with Crippen molar-refractivity contribution in [1.29, 1.82) is 0 Å². The van der Waals surface area contributed by atoms with Crippen molar-refractivity contribution in [3.05, 3.63) is 64.7 Å². The molecule has 0 bridgehead atoms. The van der Waals surface area contributed by atoms with E-state index < -0.39 is 12.0 Å². The fraction of sp³-hybridized carbons (Fsp3) is 0.364. The highest BCUT2D eigenvalue weighted by Crippen LogP contribution is 2.24. The SMILES string of the molecule is Cc1cccc(C)c1O[C@H](C)C(=O)NNC(=O)c1ccc(C(C)(C)C)cc1. The van der Waals surface area contributed by atoms with Gasteiger partial charge in [0.15, 0.2) is 6.10 Å². The minimum atomic E-state index is -0.742. The molecule has 0 fully saturated rings. The average Bonchev–Trinajstić information content (AvgIpc) is 2.61. The van der Waals surface area contributed by atoms with Crippen LogP contribution in [0.5, 0.6) is 5.75 Å². The molecule has 2 rings (SSSR count). The van der Waals surface area contributed by atoms with Gasteiger partial charge in [0.1, 0.15) is 5.75 Å². The van der Waals surface area contributed by atoms with Gasteiger partial charge in [0.05, 0.1) is 0 Å². The van der Waals surface area contributed by atoms with E-state index in [4.69, 9.17) is 4.74 Å². The van der Waals surface area contributed by atoms with Crippen LogP contribution in [0.3, 0.4) is 0 Å². The highest BCUT2D eigenvalue weighted by Gasteiger charge is 2.18. The molecule has 27 heavy (non-hydrogen) atoms. The summed E-state index contributed by atoms with van der Waals surface area (Å²) < 4.78 is 5.77. The fourth-order valence-corrected chi connectivity index (χ4v) is 2.63. The van der Waals surface area contributed by atoms with E-state index in [9.17, 15) is 9.59 Å². The van der Waals surface area contributed by atoms with Gasteiger partial charge in [0, 0.05) is 5.56 Å². The minimum absolute atomic E-state index is 0.0176. The van der Waals surface area contributed by atoms with Gasteiger partial charge >= 0.3 is 0 Å². The number of hydrazine groups is 1. The number of amides is 2. The Morgan fingerprint density at radius 1 is 0.926 bits per heavy atom. The van der Waals surface area contributed by atoms with E-state index in [1.807, 2.05) is 44.2 Å². The molecule has 5 heteroatoms. The Morgan fingerprint density at radius 2 is 1.48 bits per heavy atom. The summed E-state index contributed by atoms with van der Waals surface area (Å²) in [7, 11) is 0. The molecule has 2 aromatic carbocycles. The molecule has 0 spiro atoms. The quantitative estimate of drug-likeness (QED) is 0.806. The Morgan fingerprint density at radius 3 is 2.00 bits per heavy atom. The van der Waals surface area contributed by atoms with Crippen molar-refractivity contribution in [1.82, 2.24) is 10.9 Å². The molecule has 0 heterocycles. The monoisotopic (exact) mass is 368 g/mol. The van der Waals surface area contributed by atoms with Crippen LogP contribution in [0.4, 0.5) is 0 Å². The molecule has 2 aromatic rings. The number of carbonyl (C=O) groups excluding carboxylic acids is 2. The van der Waals surface area contributed by atoms with Crippen molar-refractivity contribution in [2.75, 3.05) is 0 Å². The van der Waals surface area contributed by atoms with E-state index in [1.54, 1.807) is 19.1 Å². The van der Waals surface area contributed by atoms with Crippen LogP contribution in [0.2, 0.25) is 0 Å². The Labute approximate surface area is 161 Å². The number of carbonyl (C=O) groups is 2. The third-order valence-corrected chi connectivity index (χ3v) is 4.38. The Bertz CT molecular complexity index is 800. The maximum absolute atomic E-state index is 12.2. The molecule has 0 aliphatic carbocycles. The summed E-state index contributed by atoms with van der Waals surface area (Å²) in [6, 6.07) is 13.1. The van der Waals surface area contributed by atoms with Gasteiger partial charge in [-0.05, 0) is 55.0 Å². The fourth-order valence-electron chi connectivity index (χ4n) is 2.63. The van der Waals surface area contributed by atoms with Crippen molar-refractivity contribution in [2.45, 2.75) is 53.1 Å². The minimum Gasteiger partial charge on any atom is -0.480 e. The number of aryl methyl sites for hydroxylation is 2. The average molecular weight is 368 g/mol. The van der Waals surface area contributed by atoms with E-state index in [1.165, 1.54) is 0 Å². The summed E-state index contributed by atoms with van der Waals surface area (Å²) >= 11 is 0. The van der Waals surface area contributed by atoms with Gasteiger partial charge in [-0.15, -0.1) is 0 Å². The Hall–Kier alpha value is -2.82. The summed E-state index contributed by atoms with van der Waals surface area (Å²) in [6.07, 6.45) is -0.742. The summed E-state index contributed by atoms with van der Waals surface area (Å²) in [5, 5.41) is 0. The van der Waals surface area contributed by atoms with Crippen LogP contribution < -0.4 is 15.6 Å². The van der Waals surface area contributed by atoms with E-state index in [2.05, 4.69) is 31.6 Å². The van der Waals surface area contributed by atoms with E-state index in [-0.39, 0.29) is 11.3 Å². The molecule has 0 saturated heterocycles. The van der Waals surface area contributed by atoms with Gasteiger partial charge < -0.3 is 4.74 Å². The molecule has 0 aromatic heterocycles. The molecule has 5 nitrogen and oxygen atoms in total. The standard InChI is InChI=1S/C22H28N2O3/c1-14-8-7-9-15(2)19(14)27-16(3)20(25)23-24-21(26)17-10-12-18(13-11-17)22(4,5)6/h7-13,16H,1-6H3,(H,23,25)(H,24,26)/t16-/m1/s1. The molecular formula is C22H28N2O3. The number of rotatable bonds is 4. The maximum Gasteiger partial charge on any atom is 0.279 e. The summed E-state index contributed by atoms with van der Waals surface area (Å²) in [4.78, 5) is 24.5. The molecule has 2 N–H and O–H groups in total. The highest BCUT2D eigenvalue weighted by atomic mass is 16.5. The van der Waals surface area contributed by atoms with E-state index in [0.29, 0.717) is 11.3 Å². The van der Waals surface area contributed by atoms with E-state index >= 15 is 0 Å².